The molecule has 0 bridgehead atoms. The first kappa shape index (κ1) is 15.6. The summed E-state index contributed by atoms with van der Waals surface area (Å²) in [6.07, 6.45) is 5.15. The largest absolute Gasteiger partial charge is 0.375 e. The Labute approximate surface area is 131 Å². The highest BCUT2D eigenvalue weighted by atomic mass is 32.2. The highest BCUT2D eigenvalue weighted by Gasteiger charge is 2.45. The van der Waals surface area contributed by atoms with E-state index in [1.54, 1.807) is 29.7 Å². The number of sulfonamides is 1. The summed E-state index contributed by atoms with van der Waals surface area (Å²) in [6.45, 7) is 3.34. The first-order valence-electron chi connectivity index (χ1n) is 7.74. The number of hydrogen-bond donors (Lipinski definition) is 1. The van der Waals surface area contributed by atoms with E-state index in [-0.39, 0.29) is 23.8 Å². The molecule has 22 heavy (non-hydrogen) atoms. The fourth-order valence-corrected chi connectivity index (χ4v) is 4.69. The molecule has 8 heteroatoms. The molecule has 1 saturated carbocycles. The molecular weight excluding hydrogens is 304 g/mol. The Hall–Kier alpha value is -1.25. The van der Waals surface area contributed by atoms with Gasteiger partial charge in [-0.2, -0.15) is 4.31 Å². The summed E-state index contributed by atoms with van der Waals surface area (Å²) in [7, 11) is -3.16. The molecule has 0 spiro atoms. The van der Waals surface area contributed by atoms with E-state index in [9.17, 15) is 8.42 Å². The van der Waals surface area contributed by atoms with Crippen LogP contribution in [0.25, 0.3) is 0 Å². The molecule has 1 aliphatic carbocycles. The molecule has 1 N–H and O–H groups in total. The average Bonchev–Trinajstić information content (AvgIpc) is 2.97. The highest BCUT2D eigenvalue weighted by molar-refractivity contribution is 7.89. The minimum Gasteiger partial charge on any atom is -0.375 e. The van der Waals surface area contributed by atoms with Crippen LogP contribution in [-0.4, -0.2) is 60.3 Å². The summed E-state index contributed by atoms with van der Waals surface area (Å²) in [5.41, 5.74) is 0. The number of ether oxygens (including phenoxy) is 1. The molecule has 1 aromatic heterocycles. The lowest BCUT2D eigenvalue weighted by atomic mass is 10.0. The van der Waals surface area contributed by atoms with Gasteiger partial charge in [0.25, 0.3) is 0 Å². The highest BCUT2D eigenvalue weighted by Crippen LogP contribution is 2.36. The molecule has 2 heterocycles. The Kier molecular flexibility index (Phi) is 4.60. The molecular formula is C14H22N4O3S. The van der Waals surface area contributed by atoms with Gasteiger partial charge in [0.2, 0.25) is 16.0 Å². The van der Waals surface area contributed by atoms with E-state index in [1.807, 2.05) is 0 Å². The Bertz CT molecular complexity index is 595. The number of morpholine rings is 1. The number of nitrogens with one attached hydrogen (secondary N) is 1. The zero-order valence-corrected chi connectivity index (χ0v) is 13.5. The maximum absolute atomic E-state index is 12.2. The molecule has 2 fully saturated rings. The van der Waals surface area contributed by atoms with Crippen LogP contribution in [0, 0.1) is 5.92 Å². The van der Waals surface area contributed by atoms with Crippen LogP contribution in [0.4, 0.5) is 5.95 Å². The average molecular weight is 326 g/mol. The quantitative estimate of drug-likeness (QED) is 0.858. The lowest BCUT2D eigenvalue weighted by molar-refractivity contribution is -0.0433. The van der Waals surface area contributed by atoms with Crippen LogP contribution >= 0.6 is 0 Å². The lowest BCUT2D eigenvalue weighted by Gasteiger charge is -2.38. The zero-order valence-electron chi connectivity index (χ0n) is 12.7. The molecule has 2 aliphatic rings. The summed E-state index contributed by atoms with van der Waals surface area (Å²) in [5, 5.41) is 3.22. The smallest absolute Gasteiger partial charge is 0.222 e. The van der Waals surface area contributed by atoms with E-state index in [4.69, 9.17) is 4.74 Å². The third kappa shape index (κ3) is 3.09. The first-order chi connectivity index (χ1) is 10.6. The number of anilines is 1. The van der Waals surface area contributed by atoms with Gasteiger partial charge in [0.15, 0.2) is 0 Å². The molecule has 0 amide bonds. The molecule has 3 atom stereocenters. The van der Waals surface area contributed by atoms with Crippen molar-refractivity contribution in [2.75, 3.05) is 30.8 Å². The Balaban J connectivity index is 1.65. The van der Waals surface area contributed by atoms with Crippen molar-refractivity contribution in [3.05, 3.63) is 18.5 Å². The summed E-state index contributed by atoms with van der Waals surface area (Å²) >= 11 is 0. The second-order valence-corrected chi connectivity index (χ2v) is 7.91. The number of aromatic nitrogens is 2. The van der Waals surface area contributed by atoms with Crippen molar-refractivity contribution in [2.45, 2.75) is 31.9 Å². The van der Waals surface area contributed by atoms with Gasteiger partial charge in [-0.25, -0.2) is 18.4 Å². The van der Waals surface area contributed by atoms with Gasteiger partial charge in [-0.15, -0.1) is 0 Å². The maximum atomic E-state index is 12.2. The minimum absolute atomic E-state index is 0.0257. The number of fused-ring (bicyclic) bond motifs is 1. The second-order valence-electron chi connectivity index (χ2n) is 5.70. The van der Waals surface area contributed by atoms with Crippen LogP contribution in [0.2, 0.25) is 0 Å². The summed E-state index contributed by atoms with van der Waals surface area (Å²) < 4.78 is 32.0. The van der Waals surface area contributed by atoms with Crippen LogP contribution < -0.4 is 5.32 Å². The van der Waals surface area contributed by atoms with Gasteiger partial charge in [0.1, 0.15) is 0 Å². The SMILES string of the molecule is CCS(=O)(=O)N1CCO[C@H]2C(CNc3ncccn3)CC[C@@H]21. The minimum atomic E-state index is -3.16. The molecule has 0 radical (unpaired) electrons. The number of nitrogens with zero attached hydrogens (tertiary/aromatic N) is 3. The van der Waals surface area contributed by atoms with Crippen LogP contribution in [0.3, 0.4) is 0 Å². The zero-order chi connectivity index (χ0) is 15.6. The van der Waals surface area contributed by atoms with E-state index < -0.39 is 10.0 Å². The van der Waals surface area contributed by atoms with Gasteiger partial charge in [-0.1, -0.05) is 0 Å². The Morgan fingerprint density at radius 3 is 2.86 bits per heavy atom. The van der Waals surface area contributed by atoms with Gasteiger partial charge in [0, 0.05) is 31.4 Å². The number of hydrogen-bond acceptors (Lipinski definition) is 6. The van der Waals surface area contributed by atoms with Gasteiger partial charge < -0.3 is 10.1 Å². The molecule has 1 unspecified atom stereocenters. The third-order valence-electron chi connectivity index (χ3n) is 4.48. The van der Waals surface area contributed by atoms with Gasteiger partial charge >= 0.3 is 0 Å². The van der Waals surface area contributed by atoms with E-state index >= 15 is 0 Å². The fraction of sp³-hybridized carbons (Fsp3) is 0.714. The molecule has 1 aromatic rings. The van der Waals surface area contributed by atoms with Crippen molar-refractivity contribution in [3.63, 3.8) is 0 Å². The molecule has 0 aromatic carbocycles. The van der Waals surface area contributed by atoms with Crippen LogP contribution in [-0.2, 0) is 14.8 Å². The second kappa shape index (κ2) is 6.47. The van der Waals surface area contributed by atoms with Crippen LogP contribution in [0.15, 0.2) is 18.5 Å². The van der Waals surface area contributed by atoms with Crippen LogP contribution in [0.1, 0.15) is 19.8 Å². The Morgan fingerprint density at radius 1 is 1.36 bits per heavy atom. The predicted molar refractivity (Wildman–Crippen MR) is 82.9 cm³/mol. The normalized spacial score (nSPS) is 29.2. The van der Waals surface area contributed by atoms with Crippen LogP contribution in [0.5, 0.6) is 0 Å². The van der Waals surface area contributed by atoms with Crippen molar-refractivity contribution < 1.29 is 13.2 Å². The summed E-state index contributed by atoms with van der Waals surface area (Å²) in [6, 6.07) is 1.75. The molecule has 1 saturated heterocycles. The van der Waals surface area contributed by atoms with E-state index in [0.717, 1.165) is 12.8 Å². The van der Waals surface area contributed by atoms with Crippen molar-refractivity contribution in [3.8, 4) is 0 Å². The summed E-state index contributed by atoms with van der Waals surface area (Å²) in [5.74, 6) is 1.03. The van der Waals surface area contributed by atoms with Gasteiger partial charge in [-0.3, -0.25) is 0 Å². The standard InChI is InChI=1S/C14H22N4O3S/c1-2-22(19,20)18-8-9-21-13-11(4-5-12(13)18)10-17-14-15-6-3-7-16-14/h3,6-7,11-13H,2,4-5,8-10H2,1H3,(H,15,16,17)/t11?,12-,13-/m0/s1. The molecule has 122 valence electrons. The van der Waals surface area contributed by atoms with Crippen molar-refractivity contribution in [2.24, 2.45) is 5.92 Å². The molecule has 7 nitrogen and oxygen atoms in total. The fourth-order valence-electron chi connectivity index (χ4n) is 3.37. The predicted octanol–water partition coefficient (Wildman–Crippen LogP) is 0.718. The van der Waals surface area contributed by atoms with Gasteiger partial charge in [0.05, 0.1) is 24.5 Å². The van der Waals surface area contributed by atoms with E-state index in [0.29, 0.717) is 25.6 Å². The first-order valence-corrected chi connectivity index (χ1v) is 9.34. The topological polar surface area (TPSA) is 84.4 Å². The molecule has 3 rings (SSSR count). The maximum Gasteiger partial charge on any atom is 0.222 e. The lowest BCUT2D eigenvalue weighted by Crippen LogP contribution is -2.53. The van der Waals surface area contributed by atoms with Gasteiger partial charge in [-0.05, 0) is 25.8 Å². The van der Waals surface area contributed by atoms with Crippen molar-refractivity contribution >= 4 is 16.0 Å². The van der Waals surface area contributed by atoms with E-state index in [2.05, 4.69) is 15.3 Å². The number of rotatable bonds is 5. The summed E-state index contributed by atoms with van der Waals surface area (Å²) in [4.78, 5) is 8.28. The van der Waals surface area contributed by atoms with E-state index in [1.165, 1.54) is 0 Å². The Morgan fingerprint density at radius 2 is 2.14 bits per heavy atom. The molecule has 1 aliphatic heterocycles. The monoisotopic (exact) mass is 326 g/mol. The van der Waals surface area contributed by atoms with Crippen molar-refractivity contribution in [1.29, 1.82) is 0 Å². The third-order valence-corrected chi connectivity index (χ3v) is 6.38. The van der Waals surface area contributed by atoms with Crippen molar-refractivity contribution in [1.82, 2.24) is 14.3 Å².